The van der Waals surface area contributed by atoms with Crippen molar-refractivity contribution in [3.63, 3.8) is 0 Å². The molecule has 0 bridgehead atoms. The maximum Gasteiger partial charge on any atom is 0.161 e. The van der Waals surface area contributed by atoms with Crippen molar-refractivity contribution < 1.29 is 4.39 Å². The monoisotopic (exact) mass is 341 g/mol. The quantitative estimate of drug-likeness (QED) is 0.483. The lowest BCUT2D eigenvalue weighted by molar-refractivity contribution is 0.631. The first-order chi connectivity index (χ1) is 12.8. The molecule has 0 aliphatic heterocycles. The van der Waals surface area contributed by atoms with Crippen molar-refractivity contribution in [3.8, 4) is 16.9 Å². The summed E-state index contributed by atoms with van der Waals surface area (Å²) in [6.07, 6.45) is 6.88. The van der Waals surface area contributed by atoms with Gasteiger partial charge in [-0.1, -0.05) is 12.1 Å². The first-order valence-electron chi connectivity index (χ1n) is 8.09. The van der Waals surface area contributed by atoms with Gasteiger partial charge in [-0.2, -0.15) is 0 Å². The van der Waals surface area contributed by atoms with E-state index >= 15 is 0 Å². The van der Waals surface area contributed by atoms with Crippen molar-refractivity contribution in [1.82, 2.24) is 24.5 Å². The Morgan fingerprint density at radius 1 is 0.962 bits per heavy atom. The van der Waals surface area contributed by atoms with Crippen LogP contribution in [-0.4, -0.2) is 24.5 Å². The molecule has 0 saturated heterocycles. The van der Waals surface area contributed by atoms with E-state index in [1.165, 1.54) is 12.4 Å². The zero-order chi connectivity index (χ0) is 17.5. The minimum atomic E-state index is -0.319. The van der Waals surface area contributed by atoms with Gasteiger partial charge in [-0.3, -0.25) is 0 Å². The fourth-order valence-corrected chi connectivity index (χ4v) is 3.12. The van der Waals surface area contributed by atoms with Crippen LogP contribution in [0.5, 0.6) is 0 Å². The molecule has 0 atom stereocenters. The molecule has 5 nitrogen and oxygen atoms in total. The van der Waals surface area contributed by atoms with Gasteiger partial charge in [-0.25, -0.2) is 24.3 Å². The lowest BCUT2D eigenvalue weighted by atomic mass is 10.1. The second-order valence-electron chi connectivity index (χ2n) is 5.87. The van der Waals surface area contributed by atoms with Crippen molar-refractivity contribution in [2.45, 2.75) is 0 Å². The Morgan fingerprint density at radius 2 is 1.88 bits per heavy atom. The van der Waals surface area contributed by atoms with Crippen molar-refractivity contribution in [2.24, 2.45) is 0 Å². The van der Waals surface area contributed by atoms with Gasteiger partial charge in [-0.05, 0) is 36.4 Å². The zero-order valence-electron chi connectivity index (χ0n) is 13.5. The SMILES string of the molecule is Fc1ccccc1-c1cc(-n2ccc3cncnc32)c2cccnc2n1. The Morgan fingerprint density at radius 3 is 2.81 bits per heavy atom. The second-order valence-corrected chi connectivity index (χ2v) is 5.87. The Bertz CT molecular complexity index is 1260. The van der Waals surface area contributed by atoms with Crippen molar-refractivity contribution in [3.05, 3.63) is 79.3 Å². The highest BCUT2D eigenvalue weighted by molar-refractivity contribution is 5.90. The molecule has 6 heteroatoms. The van der Waals surface area contributed by atoms with Crippen LogP contribution in [0.3, 0.4) is 0 Å². The fourth-order valence-electron chi connectivity index (χ4n) is 3.12. The largest absolute Gasteiger partial charge is 0.300 e. The van der Waals surface area contributed by atoms with Crippen LogP contribution in [0, 0.1) is 5.82 Å². The number of halogens is 1. The molecule has 1 aromatic carbocycles. The van der Waals surface area contributed by atoms with Crippen LogP contribution < -0.4 is 0 Å². The normalized spacial score (nSPS) is 11.3. The van der Waals surface area contributed by atoms with Gasteiger partial charge in [0.2, 0.25) is 0 Å². The number of benzene rings is 1. The van der Waals surface area contributed by atoms with E-state index < -0.39 is 0 Å². The zero-order valence-corrected chi connectivity index (χ0v) is 13.5. The molecule has 4 aromatic heterocycles. The van der Waals surface area contributed by atoms with Crippen LogP contribution >= 0.6 is 0 Å². The number of rotatable bonds is 2. The van der Waals surface area contributed by atoms with E-state index in [0.29, 0.717) is 16.9 Å². The molecule has 4 heterocycles. The first-order valence-corrected chi connectivity index (χ1v) is 8.09. The number of nitrogens with zero attached hydrogens (tertiary/aromatic N) is 5. The summed E-state index contributed by atoms with van der Waals surface area (Å²) >= 11 is 0. The molecular formula is C20H12FN5. The van der Waals surface area contributed by atoms with Gasteiger partial charge in [0.1, 0.15) is 17.8 Å². The molecule has 5 rings (SSSR count). The first kappa shape index (κ1) is 14.7. The highest BCUT2D eigenvalue weighted by atomic mass is 19.1. The number of fused-ring (bicyclic) bond motifs is 2. The average Bonchev–Trinajstić information content (AvgIpc) is 3.11. The van der Waals surface area contributed by atoms with Gasteiger partial charge < -0.3 is 4.57 Å². The van der Waals surface area contributed by atoms with Gasteiger partial charge in [-0.15, -0.1) is 0 Å². The van der Waals surface area contributed by atoms with Crippen LogP contribution in [0.25, 0.3) is 39.0 Å². The van der Waals surface area contributed by atoms with Crippen molar-refractivity contribution >= 4 is 22.1 Å². The standard InChI is InChI=1S/C20H12FN5/c21-16-6-2-1-4-14(16)17-10-18(15-5-3-8-23-19(15)25-17)26-9-7-13-11-22-12-24-20(13)26/h1-12H. The molecule has 0 radical (unpaired) electrons. The van der Waals surface area contributed by atoms with Gasteiger partial charge in [0.25, 0.3) is 0 Å². The molecule has 0 unspecified atom stereocenters. The van der Waals surface area contributed by atoms with Gasteiger partial charge in [0.05, 0.1) is 11.4 Å². The maximum atomic E-state index is 14.3. The van der Waals surface area contributed by atoms with E-state index in [1.807, 2.05) is 35.0 Å². The average molecular weight is 341 g/mol. The topological polar surface area (TPSA) is 56.5 Å². The maximum absolute atomic E-state index is 14.3. The molecule has 5 aromatic rings. The fraction of sp³-hybridized carbons (Fsp3) is 0. The van der Waals surface area contributed by atoms with E-state index in [4.69, 9.17) is 0 Å². The van der Waals surface area contributed by atoms with E-state index in [1.54, 1.807) is 30.6 Å². The van der Waals surface area contributed by atoms with Gasteiger partial charge in [0.15, 0.2) is 5.65 Å². The van der Waals surface area contributed by atoms with Gasteiger partial charge in [0, 0.05) is 34.9 Å². The Hall–Kier alpha value is -3.67. The van der Waals surface area contributed by atoms with Crippen molar-refractivity contribution in [2.75, 3.05) is 0 Å². The number of hydrogen-bond donors (Lipinski definition) is 0. The number of aromatic nitrogens is 5. The summed E-state index contributed by atoms with van der Waals surface area (Å²) in [6.45, 7) is 0. The molecule has 0 spiro atoms. The summed E-state index contributed by atoms with van der Waals surface area (Å²) in [6, 6.07) is 14.2. The third kappa shape index (κ3) is 2.23. The smallest absolute Gasteiger partial charge is 0.161 e. The molecular weight excluding hydrogens is 329 g/mol. The summed E-state index contributed by atoms with van der Waals surface area (Å²) in [5.74, 6) is -0.319. The van der Waals surface area contributed by atoms with E-state index in [9.17, 15) is 4.39 Å². The summed E-state index contributed by atoms with van der Waals surface area (Å²) in [5, 5.41) is 1.79. The number of pyridine rings is 2. The predicted molar refractivity (Wildman–Crippen MR) is 97.4 cm³/mol. The predicted octanol–water partition coefficient (Wildman–Crippen LogP) is 4.17. The Balaban J connectivity index is 1.86. The van der Waals surface area contributed by atoms with Crippen LogP contribution in [-0.2, 0) is 0 Å². The van der Waals surface area contributed by atoms with Crippen LogP contribution in [0.1, 0.15) is 0 Å². The lowest BCUT2D eigenvalue weighted by Crippen LogP contribution is -1.99. The molecule has 0 fully saturated rings. The second kappa shape index (κ2) is 5.70. The lowest BCUT2D eigenvalue weighted by Gasteiger charge is -2.11. The summed E-state index contributed by atoms with van der Waals surface area (Å²) in [7, 11) is 0. The summed E-state index contributed by atoms with van der Waals surface area (Å²) in [4.78, 5) is 17.4. The van der Waals surface area contributed by atoms with E-state index in [2.05, 4.69) is 19.9 Å². The molecule has 26 heavy (non-hydrogen) atoms. The summed E-state index contributed by atoms with van der Waals surface area (Å²) in [5.41, 5.74) is 3.14. The minimum absolute atomic E-state index is 0.319. The van der Waals surface area contributed by atoms with Crippen molar-refractivity contribution in [1.29, 1.82) is 0 Å². The molecule has 0 saturated carbocycles. The van der Waals surface area contributed by atoms with E-state index in [0.717, 1.165) is 22.1 Å². The molecule has 0 aliphatic carbocycles. The van der Waals surface area contributed by atoms with E-state index in [-0.39, 0.29) is 5.82 Å². The minimum Gasteiger partial charge on any atom is -0.300 e. The summed E-state index contributed by atoms with van der Waals surface area (Å²) < 4.78 is 16.3. The van der Waals surface area contributed by atoms with Gasteiger partial charge >= 0.3 is 0 Å². The molecule has 124 valence electrons. The number of hydrogen-bond acceptors (Lipinski definition) is 4. The van der Waals surface area contributed by atoms with Crippen LogP contribution in [0.15, 0.2) is 73.4 Å². The molecule has 0 N–H and O–H groups in total. The highest BCUT2D eigenvalue weighted by Gasteiger charge is 2.14. The molecule has 0 amide bonds. The van der Waals surface area contributed by atoms with Crippen LogP contribution in [0.4, 0.5) is 4.39 Å². The molecule has 0 aliphatic rings. The van der Waals surface area contributed by atoms with Crippen LogP contribution in [0.2, 0.25) is 0 Å². The Kier molecular flexibility index (Phi) is 3.21. The third-order valence-corrected chi connectivity index (χ3v) is 4.32. The Labute approximate surface area is 147 Å². The highest BCUT2D eigenvalue weighted by Crippen LogP contribution is 2.29. The third-order valence-electron chi connectivity index (χ3n) is 4.32.